The van der Waals surface area contributed by atoms with Gasteiger partial charge in [0.15, 0.2) is 6.79 Å². The second-order valence-corrected chi connectivity index (χ2v) is 3.58. The molecule has 0 heterocycles. The van der Waals surface area contributed by atoms with E-state index in [0.717, 1.165) is 6.07 Å². The third-order valence-corrected chi connectivity index (χ3v) is 2.07. The number of rotatable bonds is 5. The third kappa shape index (κ3) is 4.80. The fraction of sp³-hybridized carbons (Fsp3) is 0.300. The lowest BCUT2D eigenvalue weighted by Gasteiger charge is -2.10. The van der Waals surface area contributed by atoms with Gasteiger partial charge in [0, 0.05) is 0 Å². The van der Waals surface area contributed by atoms with Crippen LogP contribution in [0.15, 0.2) is 18.2 Å². The second-order valence-electron chi connectivity index (χ2n) is 3.17. The molecular formula is C10H8ClF3O4. The molecule has 0 aliphatic heterocycles. The summed E-state index contributed by atoms with van der Waals surface area (Å²) in [6, 6.07) is 3.69. The van der Waals surface area contributed by atoms with E-state index < -0.39 is 25.5 Å². The highest BCUT2D eigenvalue weighted by molar-refractivity contribution is 6.33. The van der Waals surface area contributed by atoms with Crippen molar-refractivity contribution in [2.24, 2.45) is 0 Å². The highest BCUT2D eigenvalue weighted by atomic mass is 35.5. The number of ether oxygens (including phenoxy) is 2. The topological polar surface area (TPSA) is 55.8 Å². The SMILES string of the molecule is O=C(O)c1cc(OCOCC(F)(F)F)ccc1Cl. The number of alkyl halides is 3. The van der Waals surface area contributed by atoms with E-state index in [1.807, 2.05) is 0 Å². The summed E-state index contributed by atoms with van der Waals surface area (Å²) in [5, 5.41) is 8.75. The van der Waals surface area contributed by atoms with Gasteiger partial charge >= 0.3 is 12.1 Å². The predicted octanol–water partition coefficient (Wildman–Crippen LogP) is 2.95. The summed E-state index contributed by atoms with van der Waals surface area (Å²) in [6.45, 7) is -2.08. The minimum Gasteiger partial charge on any atom is -0.478 e. The van der Waals surface area contributed by atoms with Crippen LogP contribution >= 0.6 is 11.6 Å². The number of halogens is 4. The van der Waals surface area contributed by atoms with Crippen molar-refractivity contribution in [1.29, 1.82) is 0 Å². The smallest absolute Gasteiger partial charge is 0.411 e. The van der Waals surface area contributed by atoms with Crippen molar-refractivity contribution >= 4 is 17.6 Å². The lowest BCUT2D eigenvalue weighted by atomic mass is 10.2. The molecule has 0 radical (unpaired) electrons. The molecule has 100 valence electrons. The van der Waals surface area contributed by atoms with Gasteiger partial charge in [-0.1, -0.05) is 11.6 Å². The number of aromatic carboxylic acids is 1. The van der Waals surface area contributed by atoms with E-state index in [0.29, 0.717) is 0 Å². The van der Waals surface area contributed by atoms with Gasteiger partial charge in [0.05, 0.1) is 10.6 Å². The van der Waals surface area contributed by atoms with Gasteiger partial charge in [-0.3, -0.25) is 0 Å². The highest BCUT2D eigenvalue weighted by Gasteiger charge is 2.27. The zero-order chi connectivity index (χ0) is 13.8. The van der Waals surface area contributed by atoms with Crippen molar-refractivity contribution in [3.05, 3.63) is 28.8 Å². The van der Waals surface area contributed by atoms with Gasteiger partial charge < -0.3 is 14.6 Å². The summed E-state index contributed by atoms with van der Waals surface area (Å²) in [5.74, 6) is -1.21. The lowest BCUT2D eigenvalue weighted by Crippen LogP contribution is -2.19. The molecule has 0 aliphatic rings. The Morgan fingerprint density at radius 1 is 1.39 bits per heavy atom. The molecule has 1 rings (SSSR count). The normalized spacial score (nSPS) is 11.3. The Balaban J connectivity index is 2.53. The van der Waals surface area contributed by atoms with Crippen molar-refractivity contribution in [3.63, 3.8) is 0 Å². The second kappa shape index (κ2) is 5.92. The lowest BCUT2D eigenvalue weighted by molar-refractivity contribution is -0.186. The average Bonchev–Trinajstić information content (AvgIpc) is 2.24. The molecule has 1 aromatic carbocycles. The van der Waals surface area contributed by atoms with Crippen LogP contribution in [0.3, 0.4) is 0 Å². The van der Waals surface area contributed by atoms with Gasteiger partial charge in [-0.2, -0.15) is 13.2 Å². The third-order valence-electron chi connectivity index (χ3n) is 1.74. The Kier molecular flexibility index (Phi) is 4.80. The van der Waals surface area contributed by atoms with E-state index in [1.165, 1.54) is 12.1 Å². The first-order valence-corrected chi connectivity index (χ1v) is 4.97. The maximum Gasteiger partial charge on any atom is 0.411 e. The van der Waals surface area contributed by atoms with Gasteiger partial charge in [0.2, 0.25) is 0 Å². The van der Waals surface area contributed by atoms with Crippen LogP contribution in [0.1, 0.15) is 10.4 Å². The van der Waals surface area contributed by atoms with Crippen LogP contribution < -0.4 is 4.74 Å². The standard InChI is InChI=1S/C10H8ClF3O4/c11-8-2-1-6(3-7(8)9(15)16)18-5-17-4-10(12,13)14/h1-3H,4-5H2,(H,15,16). The van der Waals surface area contributed by atoms with Crippen molar-refractivity contribution in [2.45, 2.75) is 6.18 Å². The first kappa shape index (κ1) is 14.6. The Morgan fingerprint density at radius 3 is 2.61 bits per heavy atom. The predicted molar refractivity (Wildman–Crippen MR) is 55.9 cm³/mol. The van der Waals surface area contributed by atoms with Crippen LogP contribution in [0.25, 0.3) is 0 Å². The minimum atomic E-state index is -4.43. The summed E-state index contributed by atoms with van der Waals surface area (Å²) in [4.78, 5) is 10.7. The van der Waals surface area contributed by atoms with Crippen LogP contribution in [-0.2, 0) is 4.74 Å². The van der Waals surface area contributed by atoms with Crippen molar-refractivity contribution in [3.8, 4) is 5.75 Å². The molecule has 0 spiro atoms. The molecule has 0 saturated carbocycles. The summed E-state index contributed by atoms with van der Waals surface area (Å²) in [7, 11) is 0. The highest BCUT2D eigenvalue weighted by Crippen LogP contribution is 2.22. The van der Waals surface area contributed by atoms with Crippen LogP contribution in [0, 0.1) is 0 Å². The van der Waals surface area contributed by atoms with Crippen molar-refractivity contribution < 1.29 is 32.5 Å². The summed E-state index contributed by atoms with van der Waals surface area (Å²) < 4.78 is 44.2. The van der Waals surface area contributed by atoms with Gasteiger partial charge in [-0.25, -0.2) is 4.79 Å². The summed E-state index contributed by atoms with van der Waals surface area (Å²) >= 11 is 5.60. The number of benzene rings is 1. The molecule has 0 aromatic heterocycles. The van der Waals surface area contributed by atoms with E-state index in [9.17, 15) is 18.0 Å². The Labute approximate surface area is 105 Å². The molecule has 0 amide bonds. The van der Waals surface area contributed by atoms with Gasteiger partial charge in [0.25, 0.3) is 0 Å². The monoisotopic (exact) mass is 284 g/mol. The van der Waals surface area contributed by atoms with Crippen molar-refractivity contribution in [1.82, 2.24) is 0 Å². The maximum absolute atomic E-state index is 11.7. The van der Waals surface area contributed by atoms with Crippen LogP contribution in [0.2, 0.25) is 5.02 Å². The van der Waals surface area contributed by atoms with E-state index >= 15 is 0 Å². The molecule has 1 N–H and O–H groups in total. The molecule has 0 unspecified atom stereocenters. The molecule has 0 aliphatic carbocycles. The summed E-state index contributed by atoms with van der Waals surface area (Å²) in [5.41, 5.74) is -0.204. The minimum absolute atomic E-state index is 0.00561. The van der Waals surface area contributed by atoms with E-state index in [-0.39, 0.29) is 16.3 Å². The largest absolute Gasteiger partial charge is 0.478 e. The average molecular weight is 285 g/mol. The molecule has 0 saturated heterocycles. The molecule has 18 heavy (non-hydrogen) atoms. The first-order chi connectivity index (χ1) is 8.29. The van der Waals surface area contributed by atoms with E-state index in [2.05, 4.69) is 4.74 Å². The quantitative estimate of drug-likeness (QED) is 0.667. The molecule has 0 bridgehead atoms. The zero-order valence-corrected chi connectivity index (χ0v) is 9.59. The number of carboxylic acids is 1. The van der Waals surface area contributed by atoms with Gasteiger partial charge in [-0.05, 0) is 18.2 Å². The molecule has 0 fully saturated rings. The van der Waals surface area contributed by atoms with Crippen molar-refractivity contribution in [2.75, 3.05) is 13.4 Å². The Bertz CT molecular complexity index is 434. The maximum atomic E-state index is 11.7. The first-order valence-electron chi connectivity index (χ1n) is 4.60. The number of hydrogen-bond acceptors (Lipinski definition) is 3. The zero-order valence-electron chi connectivity index (χ0n) is 8.83. The number of carbonyl (C=O) groups is 1. The Hall–Kier alpha value is -1.47. The van der Waals surface area contributed by atoms with Gasteiger partial charge in [-0.15, -0.1) is 0 Å². The molecule has 8 heteroatoms. The molecule has 1 aromatic rings. The van der Waals surface area contributed by atoms with E-state index in [1.54, 1.807) is 0 Å². The number of hydrogen-bond donors (Lipinski definition) is 1. The molecule has 4 nitrogen and oxygen atoms in total. The van der Waals surface area contributed by atoms with E-state index in [4.69, 9.17) is 21.4 Å². The van der Waals surface area contributed by atoms with Crippen LogP contribution in [0.5, 0.6) is 5.75 Å². The summed E-state index contributed by atoms with van der Waals surface area (Å²) in [6.07, 6.45) is -4.43. The van der Waals surface area contributed by atoms with Gasteiger partial charge in [0.1, 0.15) is 12.4 Å². The number of carboxylic acid groups (broad SMARTS) is 1. The Morgan fingerprint density at radius 2 is 2.06 bits per heavy atom. The van der Waals surface area contributed by atoms with Crippen LogP contribution in [0.4, 0.5) is 13.2 Å². The molecule has 0 atom stereocenters. The fourth-order valence-electron chi connectivity index (χ4n) is 1.03. The fourth-order valence-corrected chi connectivity index (χ4v) is 1.22. The molecular weight excluding hydrogens is 277 g/mol. The van der Waals surface area contributed by atoms with Crippen LogP contribution in [-0.4, -0.2) is 30.7 Å².